The minimum absolute atomic E-state index is 0.109. The van der Waals surface area contributed by atoms with E-state index in [4.69, 9.17) is 5.73 Å². The summed E-state index contributed by atoms with van der Waals surface area (Å²) >= 11 is 0. The van der Waals surface area contributed by atoms with E-state index in [0.29, 0.717) is 0 Å². The Balaban J connectivity index is 1.73. The Labute approximate surface area is 108 Å². The summed E-state index contributed by atoms with van der Waals surface area (Å²) in [5.74, 6) is 0.264. The van der Waals surface area contributed by atoms with E-state index in [9.17, 15) is 4.79 Å². The average Bonchev–Trinajstić information content (AvgIpc) is 2.97. The minimum Gasteiger partial charge on any atom is -0.328 e. The van der Waals surface area contributed by atoms with Crippen LogP contribution in [0.4, 0.5) is 5.69 Å². The maximum atomic E-state index is 12.2. The molecule has 0 bridgehead atoms. The first-order chi connectivity index (χ1) is 8.74. The summed E-state index contributed by atoms with van der Waals surface area (Å²) in [6.45, 7) is 0. The van der Waals surface area contributed by atoms with E-state index in [1.807, 2.05) is 12.1 Å². The van der Waals surface area contributed by atoms with Gasteiger partial charge in [-0.25, -0.2) is 0 Å². The topological polar surface area (TPSA) is 55.1 Å². The Kier molecular flexibility index (Phi) is 3.08. The molecule has 1 aromatic rings. The second-order valence-corrected chi connectivity index (χ2v) is 5.56. The number of fused-ring (bicyclic) bond motifs is 1. The molecule has 0 spiro atoms. The normalized spacial score (nSPS) is 26.1. The maximum Gasteiger partial charge on any atom is 0.227 e. The van der Waals surface area contributed by atoms with Gasteiger partial charge in [-0.05, 0) is 55.7 Å². The van der Waals surface area contributed by atoms with E-state index >= 15 is 0 Å². The highest BCUT2D eigenvalue weighted by Crippen LogP contribution is 2.30. The predicted molar refractivity (Wildman–Crippen MR) is 72.4 cm³/mol. The minimum atomic E-state index is 0.109. The molecule has 0 aromatic heterocycles. The van der Waals surface area contributed by atoms with E-state index in [1.165, 1.54) is 17.5 Å². The first kappa shape index (κ1) is 11.7. The third-order valence-corrected chi connectivity index (χ3v) is 4.25. The van der Waals surface area contributed by atoms with Crippen molar-refractivity contribution in [3.8, 4) is 0 Å². The molecule has 0 heterocycles. The number of rotatable bonds is 2. The molecular weight excluding hydrogens is 224 g/mol. The van der Waals surface area contributed by atoms with Gasteiger partial charge < -0.3 is 11.1 Å². The molecule has 2 aliphatic carbocycles. The molecule has 2 atom stereocenters. The lowest BCUT2D eigenvalue weighted by Gasteiger charge is -2.13. The van der Waals surface area contributed by atoms with Crippen LogP contribution in [-0.2, 0) is 17.6 Å². The molecule has 1 aromatic carbocycles. The highest BCUT2D eigenvalue weighted by Gasteiger charge is 2.28. The van der Waals surface area contributed by atoms with E-state index in [-0.39, 0.29) is 17.9 Å². The highest BCUT2D eigenvalue weighted by atomic mass is 16.1. The average molecular weight is 244 g/mol. The van der Waals surface area contributed by atoms with Crippen molar-refractivity contribution >= 4 is 11.6 Å². The maximum absolute atomic E-state index is 12.2. The monoisotopic (exact) mass is 244 g/mol. The van der Waals surface area contributed by atoms with Crippen LogP contribution < -0.4 is 11.1 Å². The lowest BCUT2D eigenvalue weighted by molar-refractivity contribution is -0.119. The largest absolute Gasteiger partial charge is 0.328 e. The predicted octanol–water partition coefficient (Wildman–Crippen LogP) is 2.24. The molecular formula is C15H20N2O. The summed E-state index contributed by atoms with van der Waals surface area (Å²) in [5.41, 5.74) is 9.63. The van der Waals surface area contributed by atoms with Crippen LogP contribution >= 0.6 is 0 Å². The summed E-state index contributed by atoms with van der Waals surface area (Å²) < 4.78 is 0. The number of carbonyl (C=O) groups is 1. The number of hydrogen-bond donors (Lipinski definition) is 2. The summed E-state index contributed by atoms with van der Waals surface area (Å²) in [6, 6.07) is 6.45. The highest BCUT2D eigenvalue weighted by molar-refractivity contribution is 5.93. The van der Waals surface area contributed by atoms with Crippen LogP contribution in [-0.4, -0.2) is 11.9 Å². The Hall–Kier alpha value is -1.35. The van der Waals surface area contributed by atoms with Crippen molar-refractivity contribution in [3.05, 3.63) is 29.3 Å². The quantitative estimate of drug-likeness (QED) is 0.838. The van der Waals surface area contributed by atoms with Crippen molar-refractivity contribution in [2.24, 2.45) is 11.7 Å². The number of hydrogen-bond acceptors (Lipinski definition) is 2. The van der Waals surface area contributed by atoms with Crippen LogP contribution in [0, 0.1) is 5.92 Å². The zero-order chi connectivity index (χ0) is 12.5. The van der Waals surface area contributed by atoms with Gasteiger partial charge in [-0.1, -0.05) is 12.1 Å². The Bertz CT molecular complexity index is 470. The molecule has 18 heavy (non-hydrogen) atoms. The van der Waals surface area contributed by atoms with Crippen LogP contribution in [0.15, 0.2) is 18.2 Å². The standard InChI is InChI=1S/C15H20N2O/c16-12-8-7-11(9-12)15(18)17-14-6-2-4-10-3-1-5-13(10)14/h2,4,6,11-12H,1,3,5,7-9,16H2,(H,17,18)/t11-,12+/m0/s1. The number of nitrogens with one attached hydrogen (secondary N) is 1. The van der Waals surface area contributed by atoms with Crippen LogP contribution in [0.3, 0.4) is 0 Å². The van der Waals surface area contributed by atoms with Gasteiger partial charge in [0.2, 0.25) is 5.91 Å². The van der Waals surface area contributed by atoms with Gasteiger partial charge in [0.15, 0.2) is 0 Å². The van der Waals surface area contributed by atoms with Crippen molar-refractivity contribution in [3.63, 3.8) is 0 Å². The fourth-order valence-electron chi connectivity index (χ4n) is 3.23. The summed E-state index contributed by atoms with van der Waals surface area (Å²) in [6.07, 6.45) is 6.19. The van der Waals surface area contributed by atoms with E-state index in [1.54, 1.807) is 0 Å². The van der Waals surface area contributed by atoms with Gasteiger partial charge in [-0.2, -0.15) is 0 Å². The molecule has 3 nitrogen and oxygen atoms in total. The van der Waals surface area contributed by atoms with Crippen molar-refractivity contribution < 1.29 is 4.79 Å². The second-order valence-electron chi connectivity index (χ2n) is 5.56. The molecule has 1 fully saturated rings. The third kappa shape index (κ3) is 2.15. The van der Waals surface area contributed by atoms with Gasteiger partial charge in [0, 0.05) is 17.6 Å². The number of amides is 1. The lowest BCUT2D eigenvalue weighted by atomic mass is 10.0. The Morgan fingerprint density at radius 2 is 2.17 bits per heavy atom. The summed E-state index contributed by atoms with van der Waals surface area (Å²) in [4.78, 5) is 12.2. The molecule has 1 amide bonds. The van der Waals surface area contributed by atoms with E-state index in [0.717, 1.165) is 37.8 Å². The Morgan fingerprint density at radius 1 is 1.28 bits per heavy atom. The molecule has 3 N–H and O–H groups in total. The number of benzene rings is 1. The van der Waals surface area contributed by atoms with Crippen molar-refractivity contribution in [2.75, 3.05) is 5.32 Å². The second kappa shape index (κ2) is 4.73. The third-order valence-electron chi connectivity index (χ3n) is 4.25. The fraction of sp³-hybridized carbons (Fsp3) is 0.533. The first-order valence-corrected chi connectivity index (χ1v) is 6.91. The zero-order valence-electron chi connectivity index (χ0n) is 10.6. The van der Waals surface area contributed by atoms with Gasteiger partial charge in [0.1, 0.15) is 0 Å². The Morgan fingerprint density at radius 3 is 2.94 bits per heavy atom. The number of aryl methyl sites for hydroxylation is 1. The zero-order valence-corrected chi connectivity index (χ0v) is 10.6. The molecule has 3 rings (SSSR count). The van der Waals surface area contributed by atoms with Gasteiger partial charge in [0.05, 0.1) is 0 Å². The summed E-state index contributed by atoms with van der Waals surface area (Å²) in [7, 11) is 0. The van der Waals surface area contributed by atoms with Crippen LogP contribution in [0.2, 0.25) is 0 Å². The van der Waals surface area contributed by atoms with Crippen LogP contribution in [0.25, 0.3) is 0 Å². The number of nitrogens with two attached hydrogens (primary N) is 1. The van der Waals surface area contributed by atoms with E-state index < -0.39 is 0 Å². The van der Waals surface area contributed by atoms with Crippen molar-refractivity contribution in [2.45, 2.75) is 44.6 Å². The van der Waals surface area contributed by atoms with E-state index in [2.05, 4.69) is 11.4 Å². The molecule has 3 heteroatoms. The van der Waals surface area contributed by atoms with Crippen LogP contribution in [0.5, 0.6) is 0 Å². The van der Waals surface area contributed by atoms with Gasteiger partial charge in [-0.3, -0.25) is 4.79 Å². The molecule has 96 valence electrons. The SMILES string of the molecule is N[C@@H]1CC[C@H](C(=O)Nc2cccc3c2CCC3)C1. The molecule has 2 aliphatic rings. The van der Waals surface area contributed by atoms with Crippen molar-refractivity contribution in [1.29, 1.82) is 0 Å². The smallest absolute Gasteiger partial charge is 0.227 e. The molecule has 0 unspecified atom stereocenters. The lowest BCUT2D eigenvalue weighted by Crippen LogP contribution is -2.23. The summed E-state index contributed by atoms with van der Waals surface area (Å²) in [5, 5.41) is 3.11. The van der Waals surface area contributed by atoms with Gasteiger partial charge in [0.25, 0.3) is 0 Å². The molecule has 0 saturated heterocycles. The molecule has 0 radical (unpaired) electrons. The fourth-order valence-corrected chi connectivity index (χ4v) is 3.23. The van der Waals surface area contributed by atoms with Crippen LogP contribution in [0.1, 0.15) is 36.8 Å². The van der Waals surface area contributed by atoms with Gasteiger partial charge >= 0.3 is 0 Å². The number of carbonyl (C=O) groups excluding carboxylic acids is 1. The number of anilines is 1. The first-order valence-electron chi connectivity index (χ1n) is 6.91. The van der Waals surface area contributed by atoms with Gasteiger partial charge in [-0.15, -0.1) is 0 Å². The molecule has 1 saturated carbocycles. The molecule has 0 aliphatic heterocycles. The van der Waals surface area contributed by atoms with Crippen molar-refractivity contribution in [1.82, 2.24) is 0 Å².